The third kappa shape index (κ3) is 4.14. The predicted molar refractivity (Wildman–Crippen MR) is 71.1 cm³/mol. The molecule has 0 aliphatic heterocycles. The van der Waals surface area contributed by atoms with Gasteiger partial charge in [-0.25, -0.2) is 4.79 Å². The van der Waals surface area contributed by atoms with Crippen LogP contribution in [-0.2, 0) is 4.79 Å². The van der Waals surface area contributed by atoms with E-state index in [1.165, 1.54) is 0 Å². The van der Waals surface area contributed by atoms with Crippen molar-refractivity contribution in [3.8, 4) is 5.75 Å². The van der Waals surface area contributed by atoms with Crippen LogP contribution in [-0.4, -0.2) is 23.5 Å². The van der Waals surface area contributed by atoms with E-state index in [0.29, 0.717) is 24.0 Å². The number of carboxylic acid groups (broad SMARTS) is 1. The highest BCUT2D eigenvalue weighted by atomic mass is 79.9. The van der Waals surface area contributed by atoms with Crippen molar-refractivity contribution in [1.29, 1.82) is 0 Å². The van der Waals surface area contributed by atoms with Crippen LogP contribution < -0.4 is 4.74 Å². The Hall–Kier alpha value is -1.36. The minimum atomic E-state index is -1.01. The van der Waals surface area contributed by atoms with E-state index in [4.69, 9.17) is 9.84 Å². The lowest BCUT2D eigenvalue weighted by Gasteiger charge is -2.16. The molecule has 0 saturated heterocycles. The van der Waals surface area contributed by atoms with Gasteiger partial charge in [-0.1, -0.05) is 29.3 Å². The number of unbranched alkanes of at least 4 members (excludes halogenated alkanes) is 1. The van der Waals surface area contributed by atoms with Crippen LogP contribution in [0.5, 0.6) is 5.75 Å². The second-order valence-electron chi connectivity index (χ2n) is 3.89. The Morgan fingerprint density at radius 2 is 2.28 bits per heavy atom. The zero-order chi connectivity index (χ0) is 13.5. The summed E-state index contributed by atoms with van der Waals surface area (Å²) < 4.78 is 6.15. The van der Waals surface area contributed by atoms with Crippen molar-refractivity contribution in [2.75, 3.05) is 0 Å². The van der Waals surface area contributed by atoms with Crippen LogP contribution in [0.1, 0.15) is 36.5 Å². The summed E-state index contributed by atoms with van der Waals surface area (Å²) in [7, 11) is 0. The van der Waals surface area contributed by atoms with Crippen LogP contribution >= 0.6 is 15.9 Å². The molecule has 18 heavy (non-hydrogen) atoms. The highest BCUT2D eigenvalue weighted by Gasteiger charge is 2.20. The van der Waals surface area contributed by atoms with Crippen LogP contribution in [0.2, 0.25) is 0 Å². The first-order valence-corrected chi connectivity index (χ1v) is 6.52. The number of aldehydes is 1. The van der Waals surface area contributed by atoms with E-state index >= 15 is 0 Å². The van der Waals surface area contributed by atoms with E-state index in [9.17, 15) is 9.59 Å². The molecule has 0 radical (unpaired) electrons. The lowest BCUT2D eigenvalue weighted by Crippen LogP contribution is -2.27. The van der Waals surface area contributed by atoms with Crippen molar-refractivity contribution in [2.24, 2.45) is 0 Å². The number of rotatable bonds is 7. The fourth-order valence-electron chi connectivity index (χ4n) is 1.49. The molecule has 0 aliphatic rings. The van der Waals surface area contributed by atoms with Gasteiger partial charge in [0.15, 0.2) is 12.4 Å². The molecular weight excluding hydrogens is 300 g/mol. The van der Waals surface area contributed by atoms with Crippen LogP contribution in [0.25, 0.3) is 0 Å². The molecule has 0 heterocycles. The van der Waals surface area contributed by atoms with E-state index in [0.717, 1.165) is 17.3 Å². The van der Waals surface area contributed by atoms with Gasteiger partial charge in [-0.3, -0.25) is 4.79 Å². The van der Waals surface area contributed by atoms with Gasteiger partial charge in [0, 0.05) is 4.47 Å². The molecule has 1 rings (SSSR count). The largest absolute Gasteiger partial charge is 0.479 e. The molecule has 0 saturated carbocycles. The van der Waals surface area contributed by atoms with E-state index in [2.05, 4.69) is 15.9 Å². The second kappa shape index (κ2) is 7.16. The normalized spacial score (nSPS) is 11.9. The van der Waals surface area contributed by atoms with Crippen molar-refractivity contribution >= 4 is 28.2 Å². The van der Waals surface area contributed by atoms with Crippen molar-refractivity contribution in [3.05, 3.63) is 28.2 Å². The average molecular weight is 315 g/mol. The predicted octanol–water partition coefficient (Wildman–Crippen LogP) is 3.28. The summed E-state index contributed by atoms with van der Waals surface area (Å²) in [5, 5.41) is 9.06. The molecule has 0 bridgehead atoms. The molecule has 1 atom stereocenters. The molecule has 98 valence electrons. The number of carboxylic acids is 1. The lowest BCUT2D eigenvalue weighted by molar-refractivity contribution is -0.145. The summed E-state index contributed by atoms with van der Waals surface area (Å²) >= 11 is 3.24. The maximum atomic E-state index is 11.1. The van der Waals surface area contributed by atoms with Crippen LogP contribution in [0, 0.1) is 0 Å². The Morgan fingerprint density at radius 3 is 2.83 bits per heavy atom. The minimum Gasteiger partial charge on any atom is -0.479 e. The van der Waals surface area contributed by atoms with Gasteiger partial charge in [-0.05, 0) is 31.0 Å². The number of benzene rings is 1. The zero-order valence-electron chi connectivity index (χ0n) is 10.1. The van der Waals surface area contributed by atoms with Gasteiger partial charge in [-0.2, -0.15) is 0 Å². The van der Waals surface area contributed by atoms with Gasteiger partial charge in [0.25, 0.3) is 0 Å². The molecule has 1 aromatic carbocycles. The lowest BCUT2D eigenvalue weighted by atomic mass is 10.1. The number of hydrogen-bond donors (Lipinski definition) is 1. The first-order chi connectivity index (χ1) is 8.58. The van der Waals surface area contributed by atoms with Gasteiger partial charge >= 0.3 is 5.97 Å². The molecule has 0 aliphatic carbocycles. The Morgan fingerprint density at radius 1 is 1.56 bits per heavy atom. The van der Waals surface area contributed by atoms with Gasteiger partial charge in [0.1, 0.15) is 5.75 Å². The highest BCUT2D eigenvalue weighted by molar-refractivity contribution is 9.10. The van der Waals surface area contributed by atoms with Gasteiger partial charge in [-0.15, -0.1) is 0 Å². The van der Waals surface area contributed by atoms with Crippen LogP contribution in [0.3, 0.4) is 0 Å². The third-order valence-corrected chi connectivity index (χ3v) is 2.96. The van der Waals surface area contributed by atoms with Gasteiger partial charge in [0.05, 0.1) is 5.56 Å². The Labute approximate surface area is 114 Å². The van der Waals surface area contributed by atoms with Crippen molar-refractivity contribution < 1.29 is 19.4 Å². The number of carbonyl (C=O) groups excluding carboxylic acids is 1. The number of carbonyl (C=O) groups is 2. The van der Waals surface area contributed by atoms with Crippen LogP contribution in [0.15, 0.2) is 22.7 Å². The van der Waals surface area contributed by atoms with Crippen LogP contribution in [0.4, 0.5) is 0 Å². The monoisotopic (exact) mass is 314 g/mol. The molecule has 0 aromatic heterocycles. The molecule has 5 heteroatoms. The molecule has 0 amide bonds. The second-order valence-corrected chi connectivity index (χ2v) is 4.80. The topological polar surface area (TPSA) is 63.6 Å². The van der Waals surface area contributed by atoms with E-state index in [1.807, 2.05) is 6.92 Å². The average Bonchev–Trinajstić information content (AvgIpc) is 2.35. The van der Waals surface area contributed by atoms with Crippen molar-refractivity contribution in [2.45, 2.75) is 32.3 Å². The summed E-state index contributed by atoms with van der Waals surface area (Å²) in [6.07, 6.45) is 1.83. The quantitative estimate of drug-likeness (QED) is 0.784. The molecular formula is C13H15BrO4. The summed E-state index contributed by atoms with van der Waals surface area (Å²) in [4.78, 5) is 22.0. The van der Waals surface area contributed by atoms with E-state index in [1.54, 1.807) is 18.2 Å². The smallest absolute Gasteiger partial charge is 0.344 e. The summed E-state index contributed by atoms with van der Waals surface area (Å²) in [5.74, 6) is -0.708. The molecule has 0 fully saturated rings. The van der Waals surface area contributed by atoms with E-state index in [-0.39, 0.29) is 0 Å². The third-order valence-electron chi connectivity index (χ3n) is 2.46. The summed E-state index contributed by atoms with van der Waals surface area (Å²) in [5.41, 5.74) is 0.340. The van der Waals surface area contributed by atoms with Crippen molar-refractivity contribution in [3.63, 3.8) is 0 Å². The number of aliphatic carboxylic acids is 1. The number of ether oxygens (including phenoxy) is 1. The summed E-state index contributed by atoms with van der Waals surface area (Å²) in [6.45, 7) is 1.98. The molecule has 1 unspecified atom stereocenters. The maximum absolute atomic E-state index is 11.1. The Balaban J connectivity index is 2.86. The molecule has 1 aromatic rings. The fourth-order valence-corrected chi connectivity index (χ4v) is 1.87. The molecule has 4 nitrogen and oxygen atoms in total. The zero-order valence-corrected chi connectivity index (χ0v) is 11.6. The Kier molecular flexibility index (Phi) is 5.85. The number of hydrogen-bond acceptors (Lipinski definition) is 3. The summed E-state index contributed by atoms with van der Waals surface area (Å²) in [6, 6.07) is 4.90. The molecule has 1 N–H and O–H groups in total. The SMILES string of the molecule is CCCCC(Oc1ccc(Br)cc1C=O)C(=O)O. The van der Waals surface area contributed by atoms with E-state index < -0.39 is 12.1 Å². The highest BCUT2D eigenvalue weighted by Crippen LogP contribution is 2.23. The Bertz CT molecular complexity index is 431. The first kappa shape index (κ1) is 14.7. The molecule has 0 spiro atoms. The fraction of sp³-hybridized carbons (Fsp3) is 0.385. The van der Waals surface area contributed by atoms with Crippen molar-refractivity contribution in [1.82, 2.24) is 0 Å². The van der Waals surface area contributed by atoms with Gasteiger partial charge in [0.2, 0.25) is 0 Å². The standard InChI is InChI=1S/C13H15BrO4/c1-2-3-4-12(13(16)17)18-11-6-5-10(14)7-9(11)8-15/h5-8,12H,2-4H2,1H3,(H,16,17). The van der Waals surface area contributed by atoms with Gasteiger partial charge < -0.3 is 9.84 Å². The number of halogens is 1. The maximum Gasteiger partial charge on any atom is 0.344 e. The first-order valence-electron chi connectivity index (χ1n) is 5.72. The minimum absolute atomic E-state index is 0.303.